The number of aromatic nitrogens is 2. The number of nitrogens with one attached hydrogen (secondary N) is 1. The average Bonchev–Trinajstić information content (AvgIpc) is 2.87. The van der Waals surface area contributed by atoms with Gasteiger partial charge in [0.05, 0.1) is 11.7 Å². The number of thiophene rings is 1. The molecule has 1 atom stereocenters. The van der Waals surface area contributed by atoms with Crippen molar-refractivity contribution in [2.75, 3.05) is 5.32 Å². The van der Waals surface area contributed by atoms with Gasteiger partial charge in [0, 0.05) is 22.5 Å². The minimum atomic E-state index is 0.272. The summed E-state index contributed by atoms with van der Waals surface area (Å²) in [7, 11) is 0. The minimum absolute atomic E-state index is 0.272. The lowest BCUT2D eigenvalue weighted by Gasteiger charge is -2.14. The second-order valence-electron chi connectivity index (χ2n) is 4.46. The summed E-state index contributed by atoms with van der Waals surface area (Å²) < 4.78 is 2.08. The van der Waals surface area contributed by atoms with Crippen molar-refractivity contribution < 1.29 is 0 Å². The molecular weight excluding hydrogens is 242 g/mol. The van der Waals surface area contributed by atoms with Crippen LogP contribution in [0.25, 0.3) is 0 Å². The molecule has 96 valence electrons. The predicted molar refractivity (Wildman–Crippen MR) is 78.3 cm³/mol. The van der Waals surface area contributed by atoms with Crippen LogP contribution in [0.4, 0.5) is 5.95 Å². The third-order valence-corrected chi connectivity index (χ3v) is 3.94. The summed E-state index contributed by atoms with van der Waals surface area (Å²) in [4.78, 5) is 7.18. The summed E-state index contributed by atoms with van der Waals surface area (Å²) in [5.41, 5.74) is 1.02. The SMILES string of the molecule is C=CCn1cc(C)nc1NC(C)c1ccc(C)s1. The number of imidazole rings is 1. The summed E-state index contributed by atoms with van der Waals surface area (Å²) in [5, 5.41) is 3.46. The second-order valence-corrected chi connectivity index (χ2v) is 5.78. The fraction of sp³-hybridized carbons (Fsp3) is 0.357. The Labute approximate surface area is 112 Å². The van der Waals surface area contributed by atoms with E-state index in [9.17, 15) is 0 Å². The van der Waals surface area contributed by atoms with Crippen LogP contribution >= 0.6 is 11.3 Å². The largest absolute Gasteiger partial charge is 0.348 e. The summed E-state index contributed by atoms with van der Waals surface area (Å²) in [6.45, 7) is 10.8. The van der Waals surface area contributed by atoms with E-state index in [1.807, 2.05) is 30.5 Å². The van der Waals surface area contributed by atoms with Gasteiger partial charge in [0.25, 0.3) is 0 Å². The van der Waals surface area contributed by atoms with Crippen molar-refractivity contribution in [3.8, 4) is 0 Å². The lowest BCUT2D eigenvalue weighted by atomic mass is 10.3. The Hall–Kier alpha value is -1.55. The van der Waals surface area contributed by atoms with Crippen LogP contribution in [-0.4, -0.2) is 9.55 Å². The molecule has 0 saturated heterocycles. The zero-order chi connectivity index (χ0) is 13.1. The first kappa shape index (κ1) is 12.9. The Balaban J connectivity index is 2.15. The fourth-order valence-corrected chi connectivity index (χ4v) is 2.77. The van der Waals surface area contributed by atoms with Gasteiger partial charge >= 0.3 is 0 Å². The fourth-order valence-electron chi connectivity index (χ4n) is 1.89. The van der Waals surface area contributed by atoms with Gasteiger partial charge in [0.2, 0.25) is 5.95 Å². The monoisotopic (exact) mass is 261 g/mol. The van der Waals surface area contributed by atoms with Crippen LogP contribution in [0.1, 0.15) is 28.4 Å². The van der Waals surface area contributed by atoms with E-state index in [-0.39, 0.29) is 6.04 Å². The molecule has 0 aliphatic carbocycles. The van der Waals surface area contributed by atoms with Crippen molar-refractivity contribution >= 4 is 17.3 Å². The predicted octanol–water partition coefficient (Wildman–Crippen LogP) is 3.92. The zero-order valence-electron chi connectivity index (χ0n) is 11.1. The highest BCUT2D eigenvalue weighted by Gasteiger charge is 2.11. The molecule has 0 spiro atoms. The minimum Gasteiger partial charge on any atom is -0.348 e. The van der Waals surface area contributed by atoms with E-state index < -0.39 is 0 Å². The average molecular weight is 261 g/mol. The summed E-state index contributed by atoms with van der Waals surface area (Å²) in [6.07, 6.45) is 3.92. The third-order valence-electron chi connectivity index (χ3n) is 2.76. The Morgan fingerprint density at radius 1 is 1.50 bits per heavy atom. The maximum Gasteiger partial charge on any atom is 0.203 e. The van der Waals surface area contributed by atoms with Gasteiger partial charge in [0.15, 0.2) is 0 Å². The third kappa shape index (κ3) is 2.82. The molecule has 2 heterocycles. The van der Waals surface area contributed by atoms with E-state index in [0.717, 1.165) is 18.2 Å². The van der Waals surface area contributed by atoms with Gasteiger partial charge in [0.1, 0.15) is 0 Å². The second kappa shape index (κ2) is 5.40. The van der Waals surface area contributed by atoms with Crippen molar-refractivity contribution in [2.45, 2.75) is 33.4 Å². The number of nitrogens with zero attached hydrogens (tertiary/aromatic N) is 2. The van der Waals surface area contributed by atoms with Gasteiger partial charge in [-0.2, -0.15) is 0 Å². The van der Waals surface area contributed by atoms with Crippen LogP contribution < -0.4 is 5.32 Å². The summed E-state index contributed by atoms with van der Waals surface area (Å²) in [5.74, 6) is 0.908. The maximum atomic E-state index is 4.51. The van der Waals surface area contributed by atoms with Gasteiger partial charge in [-0.05, 0) is 32.9 Å². The molecule has 3 nitrogen and oxygen atoms in total. The molecule has 0 radical (unpaired) electrons. The Bertz CT molecular complexity index is 539. The maximum absolute atomic E-state index is 4.51. The van der Waals surface area contributed by atoms with Crippen molar-refractivity contribution in [1.29, 1.82) is 0 Å². The van der Waals surface area contributed by atoms with Crippen LogP contribution in [-0.2, 0) is 6.54 Å². The summed E-state index contributed by atoms with van der Waals surface area (Å²) >= 11 is 1.82. The first-order chi connectivity index (χ1) is 8.60. The lowest BCUT2D eigenvalue weighted by molar-refractivity contribution is 0.790. The van der Waals surface area contributed by atoms with Crippen LogP contribution in [0.2, 0.25) is 0 Å². The Morgan fingerprint density at radius 2 is 2.28 bits per heavy atom. The van der Waals surface area contributed by atoms with E-state index >= 15 is 0 Å². The number of anilines is 1. The standard InChI is InChI=1S/C14H19N3S/c1-5-8-17-9-10(2)15-14(17)16-12(4)13-7-6-11(3)18-13/h5-7,9,12H,1,8H2,2-4H3,(H,15,16). The number of aryl methyl sites for hydroxylation is 2. The zero-order valence-corrected chi connectivity index (χ0v) is 11.9. The van der Waals surface area contributed by atoms with E-state index in [0.29, 0.717) is 0 Å². The normalized spacial score (nSPS) is 12.4. The number of rotatable bonds is 5. The van der Waals surface area contributed by atoms with Gasteiger partial charge in [-0.15, -0.1) is 17.9 Å². The molecule has 0 aromatic carbocycles. The van der Waals surface area contributed by atoms with Crippen LogP contribution in [0.15, 0.2) is 31.0 Å². The molecule has 0 aliphatic rings. The lowest BCUT2D eigenvalue weighted by Crippen LogP contribution is -2.10. The first-order valence-corrected chi connectivity index (χ1v) is 6.89. The first-order valence-electron chi connectivity index (χ1n) is 6.07. The highest BCUT2D eigenvalue weighted by Crippen LogP contribution is 2.25. The Kier molecular flexibility index (Phi) is 3.87. The van der Waals surface area contributed by atoms with Gasteiger partial charge < -0.3 is 9.88 Å². The highest BCUT2D eigenvalue weighted by atomic mass is 32.1. The smallest absolute Gasteiger partial charge is 0.203 e. The molecule has 1 unspecified atom stereocenters. The van der Waals surface area contributed by atoms with Gasteiger partial charge in [-0.3, -0.25) is 0 Å². The molecule has 0 saturated carbocycles. The van der Waals surface area contributed by atoms with E-state index in [4.69, 9.17) is 0 Å². The molecule has 1 N–H and O–H groups in total. The van der Waals surface area contributed by atoms with E-state index in [1.165, 1.54) is 9.75 Å². The molecule has 4 heteroatoms. The van der Waals surface area contributed by atoms with Crippen molar-refractivity contribution in [3.05, 3.63) is 46.4 Å². The number of allylic oxidation sites excluding steroid dienone is 1. The summed E-state index contributed by atoms with van der Waals surface area (Å²) in [6, 6.07) is 4.60. The molecule has 0 bridgehead atoms. The van der Waals surface area contributed by atoms with Crippen molar-refractivity contribution in [1.82, 2.24) is 9.55 Å². The molecule has 0 aliphatic heterocycles. The molecule has 18 heavy (non-hydrogen) atoms. The topological polar surface area (TPSA) is 29.9 Å². The number of hydrogen-bond donors (Lipinski definition) is 1. The van der Waals surface area contributed by atoms with E-state index in [1.54, 1.807) is 0 Å². The van der Waals surface area contributed by atoms with Gasteiger partial charge in [-0.1, -0.05) is 6.08 Å². The molecule has 0 fully saturated rings. The van der Waals surface area contributed by atoms with Crippen LogP contribution in [0.5, 0.6) is 0 Å². The molecular formula is C14H19N3S. The van der Waals surface area contributed by atoms with Crippen LogP contribution in [0, 0.1) is 13.8 Å². The van der Waals surface area contributed by atoms with Crippen LogP contribution in [0.3, 0.4) is 0 Å². The quantitative estimate of drug-likeness (QED) is 0.827. The molecule has 2 rings (SSSR count). The molecule has 2 aromatic rings. The van der Waals surface area contributed by atoms with Crippen molar-refractivity contribution in [2.24, 2.45) is 0 Å². The Morgan fingerprint density at radius 3 is 2.89 bits per heavy atom. The molecule has 2 aromatic heterocycles. The van der Waals surface area contributed by atoms with Crippen molar-refractivity contribution in [3.63, 3.8) is 0 Å². The van der Waals surface area contributed by atoms with Gasteiger partial charge in [-0.25, -0.2) is 4.98 Å². The van der Waals surface area contributed by atoms with E-state index in [2.05, 4.69) is 47.4 Å². The molecule has 0 amide bonds. The number of hydrogen-bond acceptors (Lipinski definition) is 3. The highest BCUT2D eigenvalue weighted by molar-refractivity contribution is 7.12.